The molecule has 0 aliphatic heterocycles. The Morgan fingerprint density at radius 2 is 1.40 bits per heavy atom. The van der Waals surface area contributed by atoms with E-state index in [-0.39, 0.29) is 0 Å². The maximum Gasteiger partial charge on any atom is 0.0842 e. The van der Waals surface area contributed by atoms with Crippen molar-refractivity contribution in [1.82, 2.24) is 0 Å². The van der Waals surface area contributed by atoms with E-state index in [2.05, 4.69) is 85.9 Å². The molecule has 1 heteroatoms. The van der Waals surface area contributed by atoms with Gasteiger partial charge in [-0.25, -0.2) is 0 Å². The van der Waals surface area contributed by atoms with Crippen LogP contribution in [0.25, 0.3) is 10.8 Å². The third-order valence-electron chi connectivity index (χ3n) is 6.43. The molecular formula is C24H28Si. The van der Waals surface area contributed by atoms with Gasteiger partial charge in [-0.1, -0.05) is 110 Å². The Balaban J connectivity index is 1.79. The molecule has 0 aromatic heterocycles. The first-order chi connectivity index (χ1) is 12.2. The molecule has 1 aliphatic rings. The first-order valence-electron chi connectivity index (χ1n) is 9.71. The van der Waals surface area contributed by atoms with E-state index in [4.69, 9.17) is 0 Å². The highest BCUT2D eigenvalue weighted by Gasteiger charge is 2.40. The number of benzene rings is 3. The molecule has 0 N–H and O–H groups in total. The smallest absolute Gasteiger partial charge is 0.0652 e. The average molecular weight is 345 g/mol. The Kier molecular flexibility index (Phi) is 4.51. The maximum atomic E-state index is 2.59. The molecule has 0 nitrogen and oxygen atoms in total. The van der Waals surface area contributed by atoms with Crippen molar-refractivity contribution < 1.29 is 0 Å². The largest absolute Gasteiger partial charge is 0.0842 e. The van der Waals surface area contributed by atoms with Crippen LogP contribution in [0.5, 0.6) is 0 Å². The molecule has 1 aliphatic carbocycles. The topological polar surface area (TPSA) is 0 Å². The van der Waals surface area contributed by atoms with Crippen LogP contribution >= 0.6 is 0 Å². The molecule has 1 fully saturated rings. The van der Waals surface area contributed by atoms with Crippen molar-refractivity contribution in [3.63, 3.8) is 0 Å². The van der Waals surface area contributed by atoms with E-state index in [0.717, 1.165) is 5.54 Å². The Morgan fingerprint density at radius 3 is 2.24 bits per heavy atom. The monoisotopic (exact) mass is 344 g/mol. The Bertz CT molecular complexity index is 845. The predicted molar refractivity (Wildman–Crippen MR) is 112 cm³/mol. The summed E-state index contributed by atoms with van der Waals surface area (Å²) in [7, 11) is -1.51. The van der Waals surface area contributed by atoms with Crippen molar-refractivity contribution >= 4 is 24.0 Å². The molecule has 0 bridgehead atoms. The van der Waals surface area contributed by atoms with E-state index in [9.17, 15) is 0 Å². The molecule has 25 heavy (non-hydrogen) atoms. The molecule has 3 aromatic carbocycles. The third kappa shape index (κ3) is 3.06. The SMILES string of the molecule is C[Si](C)(c1ccccc1)[C@@H]1CCCC[C@H]1c1cccc2ccccc12. The predicted octanol–water partition coefficient (Wildman–Crippen LogP) is 6.48. The summed E-state index contributed by atoms with van der Waals surface area (Å²) in [5.74, 6) is 0.710. The van der Waals surface area contributed by atoms with Crippen molar-refractivity contribution in [2.45, 2.75) is 50.2 Å². The van der Waals surface area contributed by atoms with Crippen molar-refractivity contribution in [1.29, 1.82) is 0 Å². The fraction of sp³-hybridized carbons (Fsp3) is 0.333. The summed E-state index contributed by atoms with van der Waals surface area (Å²) in [6.07, 6.45) is 5.52. The Labute approximate surface area is 152 Å². The van der Waals surface area contributed by atoms with Crippen LogP contribution in [0.4, 0.5) is 0 Å². The minimum Gasteiger partial charge on any atom is -0.0652 e. The van der Waals surface area contributed by atoms with E-state index in [1.165, 1.54) is 36.5 Å². The summed E-state index contributed by atoms with van der Waals surface area (Å²) in [5, 5.41) is 4.48. The molecule has 4 rings (SSSR count). The van der Waals surface area contributed by atoms with Crippen molar-refractivity contribution in [3.8, 4) is 0 Å². The Morgan fingerprint density at radius 1 is 0.720 bits per heavy atom. The number of hydrogen-bond acceptors (Lipinski definition) is 0. The van der Waals surface area contributed by atoms with E-state index < -0.39 is 8.07 Å². The molecule has 0 radical (unpaired) electrons. The van der Waals surface area contributed by atoms with Gasteiger partial charge >= 0.3 is 0 Å². The summed E-state index contributed by atoms with van der Waals surface area (Å²) in [6.45, 7) is 5.19. The molecular weight excluding hydrogens is 316 g/mol. The van der Waals surface area contributed by atoms with E-state index in [0.29, 0.717) is 5.92 Å². The molecule has 0 saturated heterocycles. The number of rotatable bonds is 3. The van der Waals surface area contributed by atoms with E-state index in [1.807, 2.05) is 0 Å². The summed E-state index contributed by atoms with van der Waals surface area (Å²) < 4.78 is 0. The van der Waals surface area contributed by atoms with E-state index in [1.54, 1.807) is 10.8 Å². The van der Waals surface area contributed by atoms with Gasteiger partial charge in [0.05, 0.1) is 8.07 Å². The number of hydrogen-bond donors (Lipinski definition) is 0. The molecule has 128 valence electrons. The average Bonchev–Trinajstić information content (AvgIpc) is 2.68. The molecule has 0 amide bonds. The Hall–Kier alpha value is -1.86. The van der Waals surface area contributed by atoms with Crippen LogP contribution in [0, 0.1) is 0 Å². The number of fused-ring (bicyclic) bond motifs is 1. The third-order valence-corrected chi connectivity index (χ3v) is 10.8. The molecule has 3 aromatic rings. The summed E-state index contributed by atoms with van der Waals surface area (Å²) in [4.78, 5) is 0. The standard InChI is InChI=1S/C24H28Si/c1-25(2,20-13-4-3-5-14-20)24-18-9-8-16-23(24)22-17-10-12-19-11-6-7-15-21(19)22/h3-7,10-15,17,23-24H,8-9,16,18H2,1-2H3/t23-,24+/m0/s1. The lowest BCUT2D eigenvalue weighted by Crippen LogP contribution is -2.48. The highest BCUT2D eigenvalue weighted by Crippen LogP contribution is 2.48. The maximum absolute atomic E-state index is 2.59. The summed E-state index contributed by atoms with van der Waals surface area (Å²) in [6, 6.07) is 27.2. The van der Waals surface area contributed by atoms with Crippen LogP contribution in [0.1, 0.15) is 37.2 Å². The zero-order chi connectivity index (χ0) is 17.3. The first-order valence-corrected chi connectivity index (χ1v) is 12.8. The van der Waals surface area contributed by atoms with Crippen LogP contribution in [0.2, 0.25) is 18.6 Å². The summed E-state index contributed by atoms with van der Waals surface area (Å²) >= 11 is 0. The highest BCUT2D eigenvalue weighted by atomic mass is 28.3. The van der Waals surface area contributed by atoms with Gasteiger partial charge in [0.2, 0.25) is 0 Å². The van der Waals surface area contributed by atoms with Crippen LogP contribution in [-0.2, 0) is 0 Å². The van der Waals surface area contributed by atoms with Crippen molar-refractivity contribution in [2.75, 3.05) is 0 Å². The summed E-state index contributed by atoms with van der Waals surface area (Å²) in [5.41, 5.74) is 2.42. The fourth-order valence-corrected chi connectivity index (χ4v) is 8.78. The lowest BCUT2D eigenvalue weighted by Gasteiger charge is -2.42. The first kappa shape index (κ1) is 16.6. The second-order valence-electron chi connectivity index (χ2n) is 8.15. The highest BCUT2D eigenvalue weighted by molar-refractivity contribution is 6.91. The van der Waals surface area contributed by atoms with Gasteiger partial charge in [0.1, 0.15) is 0 Å². The second kappa shape index (κ2) is 6.80. The zero-order valence-corrected chi connectivity index (χ0v) is 16.4. The van der Waals surface area contributed by atoms with Crippen LogP contribution in [0.3, 0.4) is 0 Å². The van der Waals surface area contributed by atoms with Gasteiger partial charge in [-0.2, -0.15) is 0 Å². The van der Waals surface area contributed by atoms with Gasteiger partial charge in [-0.05, 0) is 34.2 Å². The van der Waals surface area contributed by atoms with Gasteiger partial charge in [0.25, 0.3) is 0 Å². The van der Waals surface area contributed by atoms with E-state index >= 15 is 0 Å². The van der Waals surface area contributed by atoms with Gasteiger partial charge in [0, 0.05) is 0 Å². The van der Waals surface area contributed by atoms with Crippen molar-refractivity contribution in [2.24, 2.45) is 0 Å². The lowest BCUT2D eigenvalue weighted by molar-refractivity contribution is 0.436. The van der Waals surface area contributed by atoms with Gasteiger partial charge in [0.15, 0.2) is 0 Å². The fourth-order valence-electron chi connectivity index (χ4n) is 5.02. The molecule has 0 heterocycles. The minimum atomic E-state index is -1.51. The minimum absolute atomic E-state index is 0.710. The quantitative estimate of drug-likeness (QED) is 0.477. The van der Waals surface area contributed by atoms with Crippen LogP contribution in [-0.4, -0.2) is 8.07 Å². The molecule has 1 saturated carbocycles. The second-order valence-corrected chi connectivity index (χ2v) is 12.9. The van der Waals surface area contributed by atoms with Gasteiger partial charge in [-0.3, -0.25) is 0 Å². The zero-order valence-electron chi connectivity index (χ0n) is 15.4. The van der Waals surface area contributed by atoms with Gasteiger partial charge in [-0.15, -0.1) is 0 Å². The molecule has 2 atom stereocenters. The van der Waals surface area contributed by atoms with Crippen molar-refractivity contribution in [3.05, 3.63) is 78.4 Å². The lowest BCUT2D eigenvalue weighted by atomic mass is 9.81. The van der Waals surface area contributed by atoms with Crippen LogP contribution in [0.15, 0.2) is 72.8 Å². The normalized spacial score (nSPS) is 21.4. The molecule has 0 unspecified atom stereocenters. The van der Waals surface area contributed by atoms with Crippen LogP contribution < -0.4 is 5.19 Å². The van der Waals surface area contributed by atoms with Gasteiger partial charge < -0.3 is 0 Å². The molecule has 0 spiro atoms.